The molecule has 3 rings (SSSR count). The molecule has 7 heteroatoms. The number of hydrogen-bond donors (Lipinski definition) is 2. The third-order valence-corrected chi connectivity index (χ3v) is 5.34. The molecule has 0 radical (unpaired) electrons. The van der Waals surface area contributed by atoms with Gasteiger partial charge in [-0.05, 0) is 37.3 Å². The SMILES string of the molecule is CN=C(NCCCOC1CCCCC1)NCC(=O)N1CCc2ccccc21.I. The van der Waals surface area contributed by atoms with E-state index in [1.165, 1.54) is 37.7 Å². The highest BCUT2D eigenvalue weighted by Gasteiger charge is 2.23. The van der Waals surface area contributed by atoms with E-state index in [1.807, 2.05) is 23.1 Å². The number of ether oxygens (including phenoxy) is 1. The average molecular weight is 500 g/mol. The minimum atomic E-state index is 0. The first-order chi connectivity index (χ1) is 13.3. The lowest BCUT2D eigenvalue weighted by atomic mass is 9.98. The fourth-order valence-electron chi connectivity index (χ4n) is 3.83. The maximum atomic E-state index is 12.5. The molecule has 6 nitrogen and oxygen atoms in total. The molecule has 156 valence electrons. The smallest absolute Gasteiger partial charge is 0.246 e. The van der Waals surface area contributed by atoms with Crippen molar-refractivity contribution in [2.24, 2.45) is 4.99 Å². The molecule has 2 N–H and O–H groups in total. The van der Waals surface area contributed by atoms with Crippen LogP contribution in [0.3, 0.4) is 0 Å². The summed E-state index contributed by atoms with van der Waals surface area (Å²) in [6, 6.07) is 8.11. The fraction of sp³-hybridized carbons (Fsp3) is 0.619. The van der Waals surface area contributed by atoms with Gasteiger partial charge in [-0.1, -0.05) is 37.5 Å². The number of amides is 1. The molecule has 1 saturated carbocycles. The molecule has 1 fully saturated rings. The zero-order valence-electron chi connectivity index (χ0n) is 16.8. The van der Waals surface area contributed by atoms with Crippen molar-refractivity contribution in [2.75, 3.05) is 38.2 Å². The highest BCUT2D eigenvalue weighted by atomic mass is 127. The monoisotopic (exact) mass is 500 g/mol. The molecule has 0 unspecified atom stereocenters. The Bertz CT molecular complexity index is 647. The van der Waals surface area contributed by atoms with Crippen LogP contribution in [0.2, 0.25) is 0 Å². The number of nitrogens with one attached hydrogen (secondary N) is 2. The molecule has 1 amide bonds. The van der Waals surface area contributed by atoms with Crippen molar-refractivity contribution in [1.82, 2.24) is 10.6 Å². The van der Waals surface area contributed by atoms with Crippen LogP contribution in [0.15, 0.2) is 29.3 Å². The van der Waals surface area contributed by atoms with Crippen LogP contribution in [0.25, 0.3) is 0 Å². The molecule has 0 spiro atoms. The number of guanidine groups is 1. The van der Waals surface area contributed by atoms with E-state index in [9.17, 15) is 4.79 Å². The normalized spacial score (nSPS) is 17.0. The third kappa shape index (κ3) is 6.62. The number of halogens is 1. The number of aliphatic imine (C=N–C) groups is 1. The molecule has 1 aromatic carbocycles. The predicted molar refractivity (Wildman–Crippen MR) is 125 cm³/mol. The van der Waals surface area contributed by atoms with Crippen molar-refractivity contribution in [3.8, 4) is 0 Å². The van der Waals surface area contributed by atoms with Gasteiger partial charge in [-0.25, -0.2) is 0 Å². The maximum absolute atomic E-state index is 12.5. The van der Waals surface area contributed by atoms with E-state index in [1.54, 1.807) is 7.05 Å². The molecule has 1 heterocycles. The van der Waals surface area contributed by atoms with Gasteiger partial charge < -0.3 is 20.3 Å². The Morgan fingerprint density at radius 1 is 1.21 bits per heavy atom. The van der Waals surface area contributed by atoms with Crippen molar-refractivity contribution in [2.45, 2.75) is 51.0 Å². The van der Waals surface area contributed by atoms with Crippen molar-refractivity contribution >= 4 is 41.5 Å². The summed E-state index contributed by atoms with van der Waals surface area (Å²) < 4.78 is 5.94. The number of benzene rings is 1. The second-order valence-electron chi connectivity index (χ2n) is 7.26. The van der Waals surface area contributed by atoms with E-state index in [2.05, 4.69) is 21.7 Å². The molecule has 0 saturated heterocycles. The minimum Gasteiger partial charge on any atom is -0.378 e. The molecule has 28 heavy (non-hydrogen) atoms. The summed E-state index contributed by atoms with van der Waals surface area (Å²) >= 11 is 0. The Hall–Kier alpha value is -1.35. The third-order valence-electron chi connectivity index (χ3n) is 5.34. The van der Waals surface area contributed by atoms with Crippen LogP contribution >= 0.6 is 24.0 Å². The number of carbonyl (C=O) groups excluding carboxylic acids is 1. The van der Waals surface area contributed by atoms with Gasteiger partial charge in [0.2, 0.25) is 5.91 Å². The predicted octanol–water partition coefficient (Wildman–Crippen LogP) is 3.10. The zero-order chi connectivity index (χ0) is 18.9. The summed E-state index contributed by atoms with van der Waals surface area (Å²) in [4.78, 5) is 18.6. The second-order valence-corrected chi connectivity index (χ2v) is 7.26. The first-order valence-electron chi connectivity index (χ1n) is 10.2. The quantitative estimate of drug-likeness (QED) is 0.262. The number of fused-ring (bicyclic) bond motifs is 1. The van der Waals surface area contributed by atoms with Crippen molar-refractivity contribution in [3.63, 3.8) is 0 Å². The minimum absolute atomic E-state index is 0. The molecular formula is C21H33IN4O2. The lowest BCUT2D eigenvalue weighted by Crippen LogP contribution is -2.44. The first-order valence-corrected chi connectivity index (χ1v) is 10.2. The number of para-hydroxylation sites is 1. The van der Waals surface area contributed by atoms with Gasteiger partial charge in [-0.15, -0.1) is 24.0 Å². The van der Waals surface area contributed by atoms with E-state index in [0.717, 1.165) is 38.2 Å². The molecule has 2 aliphatic rings. The lowest BCUT2D eigenvalue weighted by Gasteiger charge is -2.22. The Morgan fingerprint density at radius 3 is 2.79 bits per heavy atom. The largest absolute Gasteiger partial charge is 0.378 e. The first kappa shape index (κ1) is 22.9. The van der Waals surface area contributed by atoms with E-state index < -0.39 is 0 Å². The Balaban J connectivity index is 0.00000280. The van der Waals surface area contributed by atoms with Crippen LogP contribution < -0.4 is 15.5 Å². The van der Waals surface area contributed by atoms with Gasteiger partial charge in [0.05, 0.1) is 12.6 Å². The van der Waals surface area contributed by atoms with Gasteiger partial charge in [0.1, 0.15) is 0 Å². The van der Waals surface area contributed by atoms with Gasteiger partial charge in [0.25, 0.3) is 0 Å². The van der Waals surface area contributed by atoms with Crippen LogP contribution in [0, 0.1) is 0 Å². The fourth-order valence-corrected chi connectivity index (χ4v) is 3.83. The topological polar surface area (TPSA) is 66.0 Å². The summed E-state index contributed by atoms with van der Waals surface area (Å²) in [6.07, 6.45) is 8.68. The van der Waals surface area contributed by atoms with Crippen LogP contribution in [-0.4, -0.2) is 51.3 Å². The molecule has 1 aliphatic carbocycles. The lowest BCUT2D eigenvalue weighted by molar-refractivity contribution is -0.117. The highest BCUT2D eigenvalue weighted by Crippen LogP contribution is 2.27. The zero-order valence-corrected chi connectivity index (χ0v) is 19.1. The van der Waals surface area contributed by atoms with E-state index in [4.69, 9.17) is 4.74 Å². The summed E-state index contributed by atoms with van der Waals surface area (Å²) in [7, 11) is 1.73. The van der Waals surface area contributed by atoms with E-state index >= 15 is 0 Å². The average Bonchev–Trinajstić information content (AvgIpc) is 3.15. The summed E-state index contributed by atoms with van der Waals surface area (Å²) in [5.41, 5.74) is 2.28. The van der Waals surface area contributed by atoms with Crippen LogP contribution in [-0.2, 0) is 16.0 Å². The van der Waals surface area contributed by atoms with Gasteiger partial charge in [0, 0.05) is 32.4 Å². The van der Waals surface area contributed by atoms with Gasteiger partial charge >= 0.3 is 0 Å². The summed E-state index contributed by atoms with van der Waals surface area (Å²) in [6.45, 7) is 2.56. The van der Waals surface area contributed by atoms with Crippen molar-refractivity contribution < 1.29 is 9.53 Å². The maximum Gasteiger partial charge on any atom is 0.246 e. The summed E-state index contributed by atoms with van der Waals surface area (Å²) in [5.74, 6) is 0.733. The molecular weight excluding hydrogens is 467 g/mol. The number of anilines is 1. The van der Waals surface area contributed by atoms with Crippen molar-refractivity contribution in [3.05, 3.63) is 29.8 Å². The molecule has 1 aromatic rings. The molecule has 0 atom stereocenters. The number of rotatable bonds is 7. The van der Waals surface area contributed by atoms with Gasteiger partial charge in [0.15, 0.2) is 5.96 Å². The standard InChI is InChI=1S/C21H32N4O2.HI/c1-22-21(23-13-7-15-27-18-9-3-2-4-10-18)24-16-20(26)25-14-12-17-8-5-6-11-19(17)25;/h5-6,8,11,18H,2-4,7,9-10,12-16H2,1H3,(H2,22,23,24);1H. The van der Waals surface area contributed by atoms with E-state index in [0.29, 0.717) is 12.1 Å². The molecule has 1 aliphatic heterocycles. The number of nitrogens with zero attached hydrogens (tertiary/aromatic N) is 2. The van der Waals surface area contributed by atoms with Crippen LogP contribution in [0.4, 0.5) is 5.69 Å². The van der Waals surface area contributed by atoms with Crippen LogP contribution in [0.5, 0.6) is 0 Å². The molecule has 0 aromatic heterocycles. The van der Waals surface area contributed by atoms with E-state index in [-0.39, 0.29) is 36.4 Å². The van der Waals surface area contributed by atoms with Crippen molar-refractivity contribution in [1.29, 1.82) is 0 Å². The Morgan fingerprint density at radius 2 is 2.00 bits per heavy atom. The number of carbonyl (C=O) groups is 1. The van der Waals surface area contributed by atoms with Crippen LogP contribution in [0.1, 0.15) is 44.1 Å². The second kappa shape index (κ2) is 12.3. The van der Waals surface area contributed by atoms with Gasteiger partial charge in [-0.3, -0.25) is 9.79 Å². The Kier molecular flexibility index (Phi) is 10.0. The highest BCUT2D eigenvalue weighted by molar-refractivity contribution is 14.0. The van der Waals surface area contributed by atoms with Gasteiger partial charge in [-0.2, -0.15) is 0 Å². The Labute approximate surface area is 185 Å². The number of hydrogen-bond acceptors (Lipinski definition) is 3. The summed E-state index contributed by atoms with van der Waals surface area (Å²) in [5, 5.41) is 6.38. The molecule has 0 bridgehead atoms.